The van der Waals surface area contributed by atoms with E-state index in [1.165, 1.54) is 6.92 Å². The van der Waals surface area contributed by atoms with Crippen molar-refractivity contribution in [1.82, 2.24) is 5.32 Å². The molecule has 0 saturated carbocycles. The molecule has 1 aromatic carbocycles. The van der Waals surface area contributed by atoms with Gasteiger partial charge in [-0.15, -0.1) is 0 Å². The van der Waals surface area contributed by atoms with Crippen LogP contribution in [-0.2, 0) is 9.53 Å². The van der Waals surface area contributed by atoms with Crippen molar-refractivity contribution in [3.8, 4) is 0 Å². The number of hydrogen-bond donors (Lipinski definition) is 2. The van der Waals surface area contributed by atoms with Gasteiger partial charge >= 0.3 is 5.97 Å². The number of aliphatic hydroxyl groups excluding tert-OH is 1. The van der Waals surface area contributed by atoms with Crippen LogP contribution in [0, 0.1) is 0 Å². The van der Waals surface area contributed by atoms with Crippen LogP contribution in [0.5, 0.6) is 0 Å². The SMILES string of the molecule is C[C@H](O)[C@@H]1OC(=O)C[C@H]1NC(=O)c1ccccc1. The van der Waals surface area contributed by atoms with Gasteiger partial charge in [-0.2, -0.15) is 0 Å². The average Bonchev–Trinajstić information content (AvgIpc) is 2.71. The lowest BCUT2D eigenvalue weighted by Crippen LogP contribution is -2.44. The molecule has 0 radical (unpaired) electrons. The van der Waals surface area contributed by atoms with Gasteiger partial charge in [0, 0.05) is 5.56 Å². The number of carbonyl (C=O) groups is 2. The Hall–Kier alpha value is -1.88. The maximum absolute atomic E-state index is 11.9. The second kappa shape index (κ2) is 5.18. The lowest BCUT2D eigenvalue weighted by atomic mass is 10.1. The summed E-state index contributed by atoms with van der Waals surface area (Å²) >= 11 is 0. The molecule has 1 aromatic rings. The molecular formula is C13H15NO4. The molecule has 18 heavy (non-hydrogen) atoms. The minimum atomic E-state index is -0.808. The van der Waals surface area contributed by atoms with Gasteiger partial charge in [-0.05, 0) is 19.1 Å². The Morgan fingerprint density at radius 3 is 2.72 bits per heavy atom. The molecule has 1 heterocycles. The van der Waals surface area contributed by atoms with Gasteiger partial charge in [0.25, 0.3) is 5.91 Å². The summed E-state index contributed by atoms with van der Waals surface area (Å²) in [5.74, 6) is -0.677. The largest absolute Gasteiger partial charge is 0.457 e. The maximum Gasteiger partial charge on any atom is 0.308 e. The van der Waals surface area contributed by atoms with E-state index in [1.807, 2.05) is 6.07 Å². The molecule has 0 unspecified atom stereocenters. The zero-order valence-corrected chi connectivity index (χ0v) is 10.00. The molecule has 5 nitrogen and oxygen atoms in total. The molecular weight excluding hydrogens is 234 g/mol. The van der Waals surface area contributed by atoms with Crippen molar-refractivity contribution in [2.75, 3.05) is 0 Å². The van der Waals surface area contributed by atoms with E-state index in [-0.39, 0.29) is 12.3 Å². The van der Waals surface area contributed by atoms with Crippen LogP contribution in [0.2, 0.25) is 0 Å². The van der Waals surface area contributed by atoms with Crippen LogP contribution in [-0.4, -0.2) is 35.2 Å². The number of amides is 1. The van der Waals surface area contributed by atoms with Gasteiger partial charge in [0.1, 0.15) is 6.10 Å². The Morgan fingerprint density at radius 2 is 2.11 bits per heavy atom. The quantitative estimate of drug-likeness (QED) is 0.764. The molecule has 1 amide bonds. The average molecular weight is 249 g/mol. The molecule has 2 rings (SSSR count). The van der Waals surface area contributed by atoms with E-state index in [9.17, 15) is 14.7 Å². The summed E-state index contributed by atoms with van der Waals surface area (Å²) < 4.78 is 4.97. The monoisotopic (exact) mass is 249 g/mol. The summed E-state index contributed by atoms with van der Waals surface area (Å²) in [6.45, 7) is 1.53. The van der Waals surface area contributed by atoms with Crippen LogP contribution in [0.1, 0.15) is 23.7 Å². The molecule has 1 fully saturated rings. The molecule has 96 valence electrons. The van der Waals surface area contributed by atoms with Gasteiger partial charge in [-0.3, -0.25) is 9.59 Å². The number of esters is 1. The van der Waals surface area contributed by atoms with Gasteiger partial charge in [0.05, 0.1) is 18.6 Å². The van der Waals surface area contributed by atoms with Crippen molar-refractivity contribution in [2.24, 2.45) is 0 Å². The Labute approximate surface area is 105 Å². The number of benzene rings is 1. The first-order valence-corrected chi connectivity index (χ1v) is 5.81. The highest BCUT2D eigenvalue weighted by Crippen LogP contribution is 2.18. The molecule has 5 heteroatoms. The first-order chi connectivity index (χ1) is 8.58. The van der Waals surface area contributed by atoms with Gasteiger partial charge in [0.2, 0.25) is 0 Å². The first kappa shape index (κ1) is 12.6. The third-order valence-corrected chi connectivity index (χ3v) is 2.88. The van der Waals surface area contributed by atoms with E-state index in [0.29, 0.717) is 5.56 Å². The van der Waals surface area contributed by atoms with Gasteiger partial charge in [-0.1, -0.05) is 18.2 Å². The van der Waals surface area contributed by atoms with Crippen molar-refractivity contribution in [1.29, 1.82) is 0 Å². The zero-order chi connectivity index (χ0) is 13.1. The molecule has 2 N–H and O–H groups in total. The summed E-state index contributed by atoms with van der Waals surface area (Å²) in [6.07, 6.45) is -1.39. The lowest BCUT2D eigenvalue weighted by Gasteiger charge is -2.20. The van der Waals surface area contributed by atoms with Crippen molar-refractivity contribution >= 4 is 11.9 Å². The van der Waals surface area contributed by atoms with Gasteiger partial charge < -0.3 is 15.2 Å². The van der Waals surface area contributed by atoms with Crippen LogP contribution in [0.25, 0.3) is 0 Å². The predicted molar refractivity (Wildman–Crippen MR) is 63.9 cm³/mol. The molecule has 0 aliphatic carbocycles. The fraction of sp³-hybridized carbons (Fsp3) is 0.385. The maximum atomic E-state index is 11.9. The van der Waals surface area contributed by atoms with Crippen LogP contribution in [0.3, 0.4) is 0 Å². The number of cyclic esters (lactones) is 1. The highest BCUT2D eigenvalue weighted by atomic mass is 16.6. The van der Waals surface area contributed by atoms with E-state index in [4.69, 9.17) is 4.74 Å². The Kier molecular flexibility index (Phi) is 3.62. The summed E-state index contributed by atoms with van der Waals surface area (Å²) in [6, 6.07) is 8.23. The molecule has 3 atom stereocenters. The summed E-state index contributed by atoms with van der Waals surface area (Å²) in [5, 5.41) is 12.2. The van der Waals surface area contributed by atoms with Crippen molar-refractivity contribution in [3.63, 3.8) is 0 Å². The van der Waals surface area contributed by atoms with Gasteiger partial charge in [-0.25, -0.2) is 0 Å². The Bertz CT molecular complexity index is 444. The van der Waals surface area contributed by atoms with Crippen molar-refractivity contribution in [2.45, 2.75) is 31.6 Å². The standard InChI is InChI=1S/C13H15NO4/c1-8(15)12-10(7-11(16)18-12)14-13(17)9-5-3-2-4-6-9/h2-6,8,10,12,15H,7H2,1H3,(H,14,17)/t8-,10+,12-/m0/s1. The predicted octanol–water partition coefficient (Wildman–Crippen LogP) is 0.481. The third kappa shape index (κ3) is 2.68. The van der Waals surface area contributed by atoms with Crippen LogP contribution in [0.4, 0.5) is 0 Å². The molecule has 1 aliphatic heterocycles. The summed E-state index contributed by atoms with van der Waals surface area (Å²) in [4.78, 5) is 23.1. The Morgan fingerprint density at radius 1 is 1.44 bits per heavy atom. The number of nitrogens with one attached hydrogen (secondary N) is 1. The van der Waals surface area contributed by atoms with E-state index in [1.54, 1.807) is 24.3 Å². The summed E-state index contributed by atoms with van der Waals surface area (Å²) in [7, 11) is 0. The third-order valence-electron chi connectivity index (χ3n) is 2.88. The van der Waals surface area contributed by atoms with E-state index >= 15 is 0 Å². The Balaban J connectivity index is 2.05. The fourth-order valence-electron chi connectivity index (χ4n) is 1.99. The van der Waals surface area contributed by atoms with Crippen molar-refractivity contribution < 1.29 is 19.4 Å². The second-order valence-corrected chi connectivity index (χ2v) is 4.35. The molecule has 1 aliphatic rings. The van der Waals surface area contributed by atoms with Gasteiger partial charge in [0.15, 0.2) is 0 Å². The molecule has 0 aromatic heterocycles. The molecule has 1 saturated heterocycles. The second-order valence-electron chi connectivity index (χ2n) is 4.35. The zero-order valence-electron chi connectivity index (χ0n) is 10.00. The minimum Gasteiger partial charge on any atom is -0.457 e. The fourth-order valence-corrected chi connectivity index (χ4v) is 1.99. The first-order valence-electron chi connectivity index (χ1n) is 5.81. The highest BCUT2D eigenvalue weighted by Gasteiger charge is 2.38. The normalized spacial score (nSPS) is 24.4. The number of hydrogen-bond acceptors (Lipinski definition) is 4. The number of ether oxygens (including phenoxy) is 1. The molecule has 0 bridgehead atoms. The van der Waals surface area contributed by atoms with E-state index in [2.05, 4.69) is 5.32 Å². The topological polar surface area (TPSA) is 75.6 Å². The number of rotatable bonds is 3. The van der Waals surface area contributed by atoms with Crippen LogP contribution in [0.15, 0.2) is 30.3 Å². The lowest BCUT2D eigenvalue weighted by molar-refractivity contribution is -0.145. The highest BCUT2D eigenvalue weighted by molar-refractivity contribution is 5.94. The van der Waals surface area contributed by atoms with E-state index in [0.717, 1.165) is 0 Å². The number of carbonyl (C=O) groups excluding carboxylic acids is 2. The van der Waals surface area contributed by atoms with Crippen LogP contribution >= 0.6 is 0 Å². The smallest absolute Gasteiger partial charge is 0.308 e. The minimum absolute atomic E-state index is 0.0914. The number of aliphatic hydroxyl groups is 1. The van der Waals surface area contributed by atoms with Crippen LogP contribution < -0.4 is 5.32 Å². The summed E-state index contributed by atoms with van der Waals surface area (Å²) in [5.41, 5.74) is 0.515. The van der Waals surface area contributed by atoms with E-state index < -0.39 is 24.2 Å². The van der Waals surface area contributed by atoms with Crippen molar-refractivity contribution in [3.05, 3.63) is 35.9 Å². The molecule has 0 spiro atoms.